The van der Waals surface area contributed by atoms with Crippen LogP contribution in [0.2, 0.25) is 0 Å². The van der Waals surface area contributed by atoms with Crippen LogP contribution in [0.4, 0.5) is 11.4 Å². The lowest BCUT2D eigenvalue weighted by molar-refractivity contribution is -0.123. The van der Waals surface area contributed by atoms with E-state index >= 15 is 0 Å². The SMILES string of the molecule is COc1ccc(NC(C)=C2C(=O)C=C3Oc4c(C(C)=O)c(O)c(C)c(O)c4[C@@]3(C)C2=O)cc1N1CCCS1(=O)=O. The standard InChI is InChI=1S/C28H28N2O9S/c1-13-24(33)22(15(3)31)26-23(25(13)34)28(4)20(39-26)12-18(32)21(27(28)35)14(2)29-16-7-8-19(38-5)17(11-16)30-9-6-10-40(30,36)37/h7-8,11-12,29,33-34H,6,9-10H2,1-5H3/t28-/m0/s1. The first-order valence-corrected chi connectivity index (χ1v) is 14.1. The molecule has 2 heterocycles. The van der Waals surface area contributed by atoms with Crippen molar-refractivity contribution in [2.45, 2.75) is 39.5 Å². The normalized spacial score (nSPS) is 22.3. The van der Waals surface area contributed by atoms with E-state index in [1.165, 1.54) is 39.1 Å². The molecule has 0 aromatic heterocycles. The molecule has 1 atom stereocenters. The highest BCUT2D eigenvalue weighted by molar-refractivity contribution is 7.93. The van der Waals surface area contributed by atoms with E-state index in [0.717, 1.165) is 6.08 Å². The number of anilines is 2. The van der Waals surface area contributed by atoms with Crippen molar-refractivity contribution in [2.24, 2.45) is 0 Å². The Kier molecular flexibility index (Phi) is 6.21. The number of phenolic OH excluding ortho intramolecular Hbond substituents is 2. The molecule has 11 nitrogen and oxygen atoms in total. The Bertz CT molecular complexity index is 1700. The van der Waals surface area contributed by atoms with Crippen molar-refractivity contribution >= 4 is 38.7 Å². The van der Waals surface area contributed by atoms with Crippen LogP contribution >= 0.6 is 0 Å². The smallest absolute Gasteiger partial charge is 0.235 e. The second-order valence-electron chi connectivity index (χ2n) is 10.1. The van der Waals surface area contributed by atoms with Crippen molar-refractivity contribution in [2.75, 3.05) is 29.0 Å². The maximum atomic E-state index is 14.0. The van der Waals surface area contributed by atoms with Gasteiger partial charge in [0.05, 0.1) is 29.7 Å². The van der Waals surface area contributed by atoms with Gasteiger partial charge in [0.25, 0.3) is 0 Å². The number of nitrogens with one attached hydrogen (secondary N) is 1. The molecule has 1 fully saturated rings. The number of Topliss-reactive ketones (excluding diaryl/α,β-unsaturated/α-hetero) is 2. The van der Waals surface area contributed by atoms with Gasteiger partial charge in [-0.2, -0.15) is 0 Å². The molecule has 2 aromatic carbocycles. The molecule has 3 aliphatic rings. The third-order valence-corrected chi connectivity index (χ3v) is 9.49. The summed E-state index contributed by atoms with van der Waals surface area (Å²) >= 11 is 0. The molecule has 0 unspecified atom stereocenters. The van der Waals surface area contributed by atoms with Crippen LogP contribution in [0.1, 0.15) is 48.7 Å². The largest absolute Gasteiger partial charge is 0.507 e. The number of carbonyl (C=O) groups excluding carboxylic acids is 3. The van der Waals surface area contributed by atoms with Gasteiger partial charge in [-0.25, -0.2) is 8.42 Å². The Labute approximate surface area is 230 Å². The third kappa shape index (κ3) is 3.77. The summed E-state index contributed by atoms with van der Waals surface area (Å²) in [6.07, 6.45) is 1.61. The molecule has 210 valence electrons. The summed E-state index contributed by atoms with van der Waals surface area (Å²) in [5.41, 5.74) is -1.13. The molecule has 0 spiro atoms. The highest BCUT2D eigenvalue weighted by atomic mass is 32.2. The number of benzene rings is 2. The number of methoxy groups -OCH3 is 1. The van der Waals surface area contributed by atoms with Gasteiger partial charge in [0.2, 0.25) is 10.0 Å². The highest BCUT2D eigenvalue weighted by Crippen LogP contribution is 2.57. The van der Waals surface area contributed by atoms with Crippen LogP contribution in [0, 0.1) is 6.92 Å². The number of fused-ring (bicyclic) bond motifs is 3. The molecular weight excluding hydrogens is 540 g/mol. The Morgan fingerprint density at radius 2 is 1.88 bits per heavy atom. The van der Waals surface area contributed by atoms with E-state index in [1.54, 1.807) is 18.2 Å². The molecule has 5 rings (SSSR count). The summed E-state index contributed by atoms with van der Waals surface area (Å²) in [5, 5.41) is 24.5. The summed E-state index contributed by atoms with van der Waals surface area (Å²) in [7, 11) is -2.07. The van der Waals surface area contributed by atoms with Crippen molar-refractivity contribution in [3.63, 3.8) is 0 Å². The van der Waals surface area contributed by atoms with Gasteiger partial charge >= 0.3 is 0 Å². The van der Waals surface area contributed by atoms with Gasteiger partial charge in [-0.15, -0.1) is 0 Å². The third-order valence-electron chi connectivity index (χ3n) is 7.64. The van der Waals surface area contributed by atoms with Gasteiger partial charge in [0.1, 0.15) is 39.7 Å². The van der Waals surface area contributed by atoms with Crippen molar-refractivity contribution < 1.29 is 42.5 Å². The zero-order chi connectivity index (χ0) is 29.3. The second kappa shape index (κ2) is 9.12. The van der Waals surface area contributed by atoms with Gasteiger partial charge < -0.3 is 25.0 Å². The predicted molar refractivity (Wildman–Crippen MR) is 146 cm³/mol. The molecule has 0 bridgehead atoms. The fraction of sp³-hybridized carbons (Fsp3) is 0.321. The number of nitrogens with zero attached hydrogens (tertiary/aromatic N) is 1. The van der Waals surface area contributed by atoms with E-state index in [9.17, 15) is 33.0 Å². The topological polar surface area (TPSA) is 160 Å². The van der Waals surface area contributed by atoms with Crippen LogP contribution in [0.3, 0.4) is 0 Å². The number of hydrogen-bond donors (Lipinski definition) is 3. The quantitative estimate of drug-likeness (QED) is 0.278. The monoisotopic (exact) mass is 568 g/mol. The molecule has 2 aromatic rings. The first-order valence-electron chi connectivity index (χ1n) is 12.5. The minimum Gasteiger partial charge on any atom is -0.507 e. The van der Waals surface area contributed by atoms with Crippen LogP contribution in [0.25, 0.3) is 0 Å². The summed E-state index contributed by atoms with van der Waals surface area (Å²) in [6.45, 7) is 5.94. The summed E-state index contributed by atoms with van der Waals surface area (Å²) in [4.78, 5) is 39.6. The van der Waals surface area contributed by atoms with E-state index in [1.807, 2.05) is 0 Å². The minimum absolute atomic E-state index is 0.00253. The second-order valence-corrected chi connectivity index (χ2v) is 12.2. The van der Waals surface area contributed by atoms with E-state index in [-0.39, 0.29) is 45.2 Å². The lowest BCUT2D eigenvalue weighted by Gasteiger charge is -2.29. The van der Waals surface area contributed by atoms with Crippen molar-refractivity contribution in [1.82, 2.24) is 0 Å². The van der Waals surface area contributed by atoms with Gasteiger partial charge in [-0.1, -0.05) is 0 Å². The van der Waals surface area contributed by atoms with Gasteiger partial charge in [-0.3, -0.25) is 18.7 Å². The minimum atomic E-state index is -3.50. The number of hydrogen-bond acceptors (Lipinski definition) is 10. The molecule has 0 radical (unpaired) electrons. The summed E-state index contributed by atoms with van der Waals surface area (Å²) < 4.78 is 37.5. The fourth-order valence-electron chi connectivity index (χ4n) is 5.51. The molecule has 1 saturated heterocycles. The number of carbonyl (C=O) groups is 3. The number of ketones is 3. The van der Waals surface area contributed by atoms with E-state index < -0.39 is 44.3 Å². The lowest BCUT2D eigenvalue weighted by atomic mass is 9.70. The Hall–Kier alpha value is -4.32. The molecule has 12 heteroatoms. The fourth-order valence-corrected chi connectivity index (χ4v) is 7.08. The summed E-state index contributed by atoms with van der Waals surface area (Å²) in [6, 6.07) is 4.78. The molecule has 1 aliphatic carbocycles. The lowest BCUT2D eigenvalue weighted by Crippen LogP contribution is -2.40. The van der Waals surface area contributed by atoms with E-state index in [0.29, 0.717) is 30.1 Å². The zero-order valence-electron chi connectivity index (χ0n) is 22.5. The molecule has 0 amide bonds. The first kappa shape index (κ1) is 27.3. The Balaban J connectivity index is 1.60. The first-order chi connectivity index (χ1) is 18.7. The van der Waals surface area contributed by atoms with E-state index in [2.05, 4.69) is 5.32 Å². The molecule has 40 heavy (non-hydrogen) atoms. The van der Waals surface area contributed by atoms with Crippen LogP contribution in [0.5, 0.6) is 23.0 Å². The number of allylic oxidation sites excluding steroid dienone is 4. The van der Waals surface area contributed by atoms with Gasteiger partial charge in [-0.05, 0) is 52.3 Å². The maximum absolute atomic E-state index is 14.0. The average molecular weight is 569 g/mol. The van der Waals surface area contributed by atoms with Crippen LogP contribution in [-0.2, 0) is 25.0 Å². The molecule has 0 saturated carbocycles. The average Bonchev–Trinajstić information content (AvgIpc) is 3.38. The van der Waals surface area contributed by atoms with E-state index in [4.69, 9.17) is 9.47 Å². The predicted octanol–water partition coefficient (Wildman–Crippen LogP) is 3.23. The van der Waals surface area contributed by atoms with Crippen molar-refractivity contribution in [1.29, 1.82) is 0 Å². The van der Waals surface area contributed by atoms with Crippen molar-refractivity contribution in [3.8, 4) is 23.0 Å². The number of sulfonamides is 1. The zero-order valence-corrected chi connectivity index (χ0v) is 23.4. The molecule has 3 N–H and O–H groups in total. The maximum Gasteiger partial charge on any atom is 0.235 e. The van der Waals surface area contributed by atoms with Crippen LogP contribution < -0.4 is 19.1 Å². The number of rotatable bonds is 5. The van der Waals surface area contributed by atoms with Gasteiger partial charge in [0, 0.05) is 29.6 Å². The number of aromatic hydroxyl groups is 2. The number of ether oxygens (including phenoxy) is 2. The molecular formula is C28H28N2O9S. The van der Waals surface area contributed by atoms with Crippen LogP contribution in [-0.4, -0.2) is 55.4 Å². The summed E-state index contributed by atoms with van der Waals surface area (Å²) in [5.74, 6) is -2.61. The molecule has 2 aliphatic heterocycles. The number of phenols is 2. The Morgan fingerprint density at radius 3 is 2.48 bits per heavy atom. The van der Waals surface area contributed by atoms with Gasteiger partial charge in [0.15, 0.2) is 17.3 Å². The van der Waals surface area contributed by atoms with Crippen LogP contribution in [0.15, 0.2) is 41.3 Å². The highest BCUT2D eigenvalue weighted by Gasteiger charge is 2.56. The Morgan fingerprint density at radius 1 is 1.18 bits per heavy atom. The van der Waals surface area contributed by atoms with Crippen molar-refractivity contribution in [3.05, 3.63) is 58.0 Å².